The highest BCUT2D eigenvalue weighted by Gasteiger charge is 2.19. The quantitative estimate of drug-likeness (QED) is 0.542. The van der Waals surface area contributed by atoms with Gasteiger partial charge in [-0.15, -0.1) is 0 Å². The highest BCUT2D eigenvalue weighted by Crippen LogP contribution is 2.28. The number of anilines is 1. The lowest BCUT2D eigenvalue weighted by Crippen LogP contribution is -2.31. The largest absolute Gasteiger partial charge is 0.342 e. The summed E-state index contributed by atoms with van der Waals surface area (Å²) in [4.78, 5) is 12.3. The van der Waals surface area contributed by atoms with E-state index in [1.54, 1.807) is 0 Å². The Morgan fingerprint density at radius 1 is 0.760 bits per heavy atom. The molecule has 0 unspecified atom stereocenters. The smallest absolute Gasteiger partial charge is 0.211 e. The molecule has 0 N–H and O–H groups in total. The molecule has 5 rings (SSSR count). The topological polar surface area (TPSA) is 33.4 Å². The molecule has 0 bridgehead atoms. The van der Waals surface area contributed by atoms with Crippen LogP contribution >= 0.6 is 0 Å². The van der Waals surface area contributed by atoms with Gasteiger partial charge < -0.3 is 4.90 Å². The predicted molar refractivity (Wildman–Crippen MR) is 102 cm³/mol. The van der Waals surface area contributed by atoms with E-state index < -0.39 is 0 Å². The molecule has 0 spiro atoms. The number of fused-ring (bicyclic) bond motifs is 3. The lowest BCUT2D eigenvalue weighted by molar-refractivity contribution is 0.567. The summed E-state index contributed by atoms with van der Waals surface area (Å²) < 4.78 is 2.18. The second-order valence-electron chi connectivity index (χ2n) is 6.66. The van der Waals surface area contributed by atoms with Crippen molar-refractivity contribution in [3.8, 4) is 11.3 Å². The number of hydrogen-bond donors (Lipinski definition) is 0. The molecular weight excluding hydrogens is 308 g/mol. The summed E-state index contributed by atoms with van der Waals surface area (Å²) in [5.41, 5.74) is 4.14. The molecule has 4 nitrogen and oxygen atoms in total. The van der Waals surface area contributed by atoms with E-state index in [9.17, 15) is 0 Å². The van der Waals surface area contributed by atoms with Crippen molar-refractivity contribution < 1.29 is 0 Å². The summed E-state index contributed by atoms with van der Waals surface area (Å²) in [6.45, 7) is 2.14. The van der Waals surface area contributed by atoms with Crippen LogP contribution in [0, 0.1) is 0 Å². The number of piperidine rings is 1. The number of imidazole rings is 1. The summed E-state index contributed by atoms with van der Waals surface area (Å²) in [5.74, 6) is 1.02. The number of nitrogens with zero attached hydrogens (tertiary/aromatic N) is 4. The molecule has 25 heavy (non-hydrogen) atoms. The van der Waals surface area contributed by atoms with E-state index in [0.717, 1.165) is 46.8 Å². The summed E-state index contributed by atoms with van der Waals surface area (Å²) in [7, 11) is 0. The van der Waals surface area contributed by atoms with E-state index in [-0.39, 0.29) is 0 Å². The minimum Gasteiger partial charge on any atom is -0.342 e. The fourth-order valence-corrected chi connectivity index (χ4v) is 3.71. The Bertz CT molecular complexity index is 1030. The molecule has 2 aromatic carbocycles. The molecule has 0 amide bonds. The molecule has 0 saturated carbocycles. The summed E-state index contributed by atoms with van der Waals surface area (Å²) >= 11 is 0. The Balaban J connectivity index is 1.78. The SMILES string of the molecule is c1ccc(-c2cn3c(N4CCCCC4)nc4ccccc4c3n2)cc1. The summed E-state index contributed by atoms with van der Waals surface area (Å²) in [6.07, 6.45) is 5.91. The molecule has 1 fully saturated rings. The maximum atomic E-state index is 4.98. The van der Waals surface area contributed by atoms with Crippen LogP contribution in [0.5, 0.6) is 0 Å². The van der Waals surface area contributed by atoms with Gasteiger partial charge in [-0.2, -0.15) is 0 Å². The zero-order valence-electron chi connectivity index (χ0n) is 14.1. The molecule has 1 aliphatic rings. The van der Waals surface area contributed by atoms with Gasteiger partial charge in [0.05, 0.1) is 11.2 Å². The van der Waals surface area contributed by atoms with Crippen LogP contribution in [0.15, 0.2) is 60.8 Å². The second kappa shape index (κ2) is 5.88. The van der Waals surface area contributed by atoms with Crippen LogP contribution < -0.4 is 4.90 Å². The van der Waals surface area contributed by atoms with Gasteiger partial charge in [-0.1, -0.05) is 42.5 Å². The van der Waals surface area contributed by atoms with Gasteiger partial charge in [0.25, 0.3) is 0 Å². The van der Waals surface area contributed by atoms with Gasteiger partial charge in [0.1, 0.15) is 5.65 Å². The van der Waals surface area contributed by atoms with Crippen LogP contribution in [0.25, 0.3) is 27.8 Å². The van der Waals surface area contributed by atoms with Crippen LogP contribution in [0.3, 0.4) is 0 Å². The van der Waals surface area contributed by atoms with Crippen molar-refractivity contribution in [1.29, 1.82) is 0 Å². The molecule has 1 saturated heterocycles. The standard InChI is InChI=1S/C21H20N4/c1-3-9-16(10-4-1)19-15-25-20(22-19)17-11-5-6-12-18(17)23-21(25)24-13-7-2-8-14-24/h1,3-6,9-12,15H,2,7-8,13-14H2. The van der Waals surface area contributed by atoms with E-state index in [1.807, 2.05) is 12.1 Å². The first-order chi connectivity index (χ1) is 12.4. The molecule has 4 heteroatoms. The van der Waals surface area contributed by atoms with Crippen molar-refractivity contribution in [3.05, 3.63) is 60.8 Å². The third-order valence-corrected chi connectivity index (χ3v) is 5.00. The van der Waals surface area contributed by atoms with Gasteiger partial charge in [0.15, 0.2) is 0 Å². The van der Waals surface area contributed by atoms with Crippen molar-refractivity contribution >= 4 is 22.5 Å². The minimum atomic E-state index is 0.991. The van der Waals surface area contributed by atoms with Crippen LogP contribution in [0.2, 0.25) is 0 Å². The molecule has 2 aromatic heterocycles. The first kappa shape index (κ1) is 14.5. The maximum Gasteiger partial charge on any atom is 0.211 e. The first-order valence-corrected chi connectivity index (χ1v) is 8.98. The Morgan fingerprint density at radius 2 is 1.52 bits per heavy atom. The van der Waals surface area contributed by atoms with Crippen LogP contribution in [-0.2, 0) is 0 Å². The Kier molecular flexibility index (Phi) is 3.40. The van der Waals surface area contributed by atoms with Gasteiger partial charge in [-0.3, -0.25) is 4.40 Å². The lowest BCUT2D eigenvalue weighted by Gasteiger charge is -2.28. The average molecular weight is 328 g/mol. The maximum absolute atomic E-state index is 4.98. The Labute approximate surface area is 146 Å². The number of para-hydroxylation sites is 1. The van der Waals surface area contributed by atoms with Crippen molar-refractivity contribution in [2.75, 3.05) is 18.0 Å². The van der Waals surface area contributed by atoms with Gasteiger partial charge in [0, 0.05) is 30.2 Å². The third kappa shape index (κ3) is 2.45. The van der Waals surface area contributed by atoms with Crippen LogP contribution in [0.4, 0.5) is 5.95 Å². The predicted octanol–water partition coefficient (Wildman–Crippen LogP) is 4.54. The summed E-state index contributed by atoms with van der Waals surface area (Å²) in [5, 5.41) is 1.10. The molecular formula is C21H20N4. The molecule has 0 aliphatic carbocycles. The van der Waals surface area contributed by atoms with E-state index in [1.165, 1.54) is 19.3 Å². The zero-order chi connectivity index (χ0) is 16.6. The van der Waals surface area contributed by atoms with Gasteiger partial charge in [0.2, 0.25) is 5.95 Å². The molecule has 0 atom stereocenters. The van der Waals surface area contributed by atoms with Gasteiger partial charge >= 0.3 is 0 Å². The molecule has 124 valence electrons. The monoisotopic (exact) mass is 328 g/mol. The average Bonchev–Trinajstić information content (AvgIpc) is 3.14. The number of aromatic nitrogens is 3. The van der Waals surface area contributed by atoms with Crippen molar-refractivity contribution in [2.45, 2.75) is 19.3 Å². The zero-order valence-corrected chi connectivity index (χ0v) is 14.1. The van der Waals surface area contributed by atoms with Crippen molar-refractivity contribution in [2.24, 2.45) is 0 Å². The highest BCUT2D eigenvalue weighted by atomic mass is 15.3. The van der Waals surface area contributed by atoms with E-state index in [2.05, 4.69) is 58.0 Å². The van der Waals surface area contributed by atoms with Crippen molar-refractivity contribution in [3.63, 3.8) is 0 Å². The normalized spacial score (nSPS) is 15.1. The minimum absolute atomic E-state index is 0.991. The highest BCUT2D eigenvalue weighted by molar-refractivity contribution is 5.93. The third-order valence-electron chi connectivity index (χ3n) is 5.00. The van der Waals surface area contributed by atoms with E-state index in [4.69, 9.17) is 9.97 Å². The molecule has 1 aliphatic heterocycles. The Morgan fingerprint density at radius 3 is 2.36 bits per heavy atom. The number of rotatable bonds is 2. The fourth-order valence-electron chi connectivity index (χ4n) is 3.71. The molecule has 3 heterocycles. The van der Waals surface area contributed by atoms with E-state index >= 15 is 0 Å². The molecule has 0 radical (unpaired) electrons. The summed E-state index contributed by atoms with van der Waals surface area (Å²) in [6, 6.07) is 18.7. The van der Waals surface area contributed by atoms with Crippen molar-refractivity contribution in [1.82, 2.24) is 14.4 Å². The van der Waals surface area contributed by atoms with Gasteiger partial charge in [-0.05, 0) is 31.4 Å². The van der Waals surface area contributed by atoms with E-state index in [0.29, 0.717) is 0 Å². The second-order valence-corrected chi connectivity index (χ2v) is 6.66. The van der Waals surface area contributed by atoms with Gasteiger partial charge in [-0.25, -0.2) is 9.97 Å². The lowest BCUT2D eigenvalue weighted by atomic mass is 10.1. The van der Waals surface area contributed by atoms with Crippen LogP contribution in [0.1, 0.15) is 19.3 Å². The fraction of sp³-hybridized carbons (Fsp3) is 0.238. The molecule has 4 aromatic rings. The first-order valence-electron chi connectivity index (χ1n) is 8.98. The number of hydrogen-bond acceptors (Lipinski definition) is 3. The number of benzene rings is 2. The van der Waals surface area contributed by atoms with Crippen LogP contribution in [-0.4, -0.2) is 27.5 Å². The Hall–Kier alpha value is -2.88.